The monoisotopic (exact) mass is 360 g/mol. The minimum absolute atomic E-state index is 0. The summed E-state index contributed by atoms with van der Waals surface area (Å²) >= 11 is 0. The molecule has 7 heteroatoms. The molecule has 0 aromatic carbocycles. The van der Waals surface area contributed by atoms with E-state index in [1.54, 1.807) is 0 Å². The van der Waals surface area contributed by atoms with Crippen molar-refractivity contribution in [3.05, 3.63) is 0 Å². The molecule has 0 spiro atoms. The van der Waals surface area contributed by atoms with E-state index < -0.39 is 10.4 Å². The number of hydrogen-bond acceptors (Lipinski definition) is 5. The molecule has 0 saturated heterocycles. The van der Waals surface area contributed by atoms with Crippen LogP contribution in [0.1, 0.15) is 84.0 Å². The molecule has 134 valence electrons. The van der Waals surface area contributed by atoms with Gasteiger partial charge in [-0.15, -0.1) is 0 Å². The minimum atomic E-state index is -4.53. The van der Waals surface area contributed by atoms with Crippen LogP contribution in [0.4, 0.5) is 0 Å². The molecule has 0 bridgehead atoms. The van der Waals surface area contributed by atoms with Gasteiger partial charge in [-0.1, -0.05) is 64.7 Å². The van der Waals surface area contributed by atoms with E-state index in [-0.39, 0.29) is 36.2 Å². The van der Waals surface area contributed by atoms with E-state index in [9.17, 15) is 13.0 Å². The van der Waals surface area contributed by atoms with E-state index >= 15 is 0 Å². The maximum atomic E-state index is 10.2. The molecule has 0 atom stereocenters. The van der Waals surface area contributed by atoms with Crippen molar-refractivity contribution in [2.24, 2.45) is 0 Å². The van der Waals surface area contributed by atoms with Gasteiger partial charge in [0.25, 0.3) is 0 Å². The van der Waals surface area contributed by atoms with Gasteiger partial charge >= 0.3 is 29.6 Å². The Labute approximate surface area is 165 Å². The Morgan fingerprint density at radius 2 is 1.09 bits per heavy atom. The second-order valence-electron chi connectivity index (χ2n) is 5.73. The molecule has 0 aliphatic heterocycles. The van der Waals surface area contributed by atoms with Crippen molar-refractivity contribution in [1.29, 1.82) is 0 Å². The molecule has 0 amide bonds. The van der Waals surface area contributed by atoms with E-state index in [0.717, 1.165) is 13.0 Å². The van der Waals surface area contributed by atoms with Gasteiger partial charge in [0.2, 0.25) is 10.4 Å². The molecular formula is C16H33NaO5S. The third-order valence-electron chi connectivity index (χ3n) is 3.55. The van der Waals surface area contributed by atoms with Gasteiger partial charge in [0, 0.05) is 13.2 Å². The third-order valence-corrected chi connectivity index (χ3v) is 4.01. The maximum absolute atomic E-state index is 10.2. The molecular weight excluding hydrogens is 327 g/mol. The topological polar surface area (TPSA) is 75.7 Å². The van der Waals surface area contributed by atoms with Crippen LogP contribution < -0.4 is 29.6 Å². The van der Waals surface area contributed by atoms with Crippen molar-refractivity contribution < 1.29 is 51.4 Å². The predicted octanol–water partition coefficient (Wildman–Crippen LogP) is 1.18. The molecule has 0 aromatic rings. The first kappa shape index (κ1) is 26.1. The van der Waals surface area contributed by atoms with Gasteiger partial charge in [0.05, 0.1) is 6.61 Å². The zero-order valence-corrected chi connectivity index (χ0v) is 17.9. The Hall–Kier alpha value is 0.830. The summed E-state index contributed by atoms with van der Waals surface area (Å²) in [7, 11) is -4.53. The molecule has 0 aliphatic carbocycles. The van der Waals surface area contributed by atoms with E-state index in [4.69, 9.17) is 4.74 Å². The standard InChI is InChI=1S/C16H34O5S.Na/c1-2-3-4-5-6-7-8-9-10-11-14-20-15-12-13-16-21-22(17,18)19;/h2-16H2,1H3,(H,17,18,19);/q;+1/p-1. The van der Waals surface area contributed by atoms with Crippen molar-refractivity contribution in [2.75, 3.05) is 19.8 Å². The Balaban J connectivity index is 0. The van der Waals surface area contributed by atoms with Crippen molar-refractivity contribution >= 4 is 10.4 Å². The fraction of sp³-hybridized carbons (Fsp3) is 1.00. The van der Waals surface area contributed by atoms with E-state index in [0.29, 0.717) is 19.4 Å². The second kappa shape index (κ2) is 19.2. The van der Waals surface area contributed by atoms with E-state index in [2.05, 4.69) is 11.1 Å². The number of ether oxygens (including phenoxy) is 1. The van der Waals surface area contributed by atoms with Crippen molar-refractivity contribution in [3.63, 3.8) is 0 Å². The first-order valence-corrected chi connectivity index (χ1v) is 10.1. The zero-order valence-electron chi connectivity index (χ0n) is 15.1. The van der Waals surface area contributed by atoms with Crippen LogP contribution >= 0.6 is 0 Å². The van der Waals surface area contributed by atoms with Gasteiger partial charge in [-0.25, -0.2) is 8.42 Å². The zero-order chi connectivity index (χ0) is 16.5. The minimum Gasteiger partial charge on any atom is -0.726 e. The molecule has 23 heavy (non-hydrogen) atoms. The molecule has 0 saturated carbocycles. The van der Waals surface area contributed by atoms with Crippen LogP contribution in [0.15, 0.2) is 0 Å². The summed E-state index contributed by atoms with van der Waals surface area (Å²) in [6, 6.07) is 0. The van der Waals surface area contributed by atoms with Gasteiger partial charge in [-0.3, -0.25) is 4.18 Å². The molecule has 0 N–H and O–H groups in total. The van der Waals surface area contributed by atoms with Crippen LogP contribution in [0.3, 0.4) is 0 Å². The predicted molar refractivity (Wildman–Crippen MR) is 87.5 cm³/mol. The molecule has 0 aliphatic rings. The molecule has 5 nitrogen and oxygen atoms in total. The van der Waals surface area contributed by atoms with Crippen molar-refractivity contribution in [2.45, 2.75) is 84.0 Å². The number of rotatable bonds is 17. The third kappa shape index (κ3) is 25.2. The van der Waals surface area contributed by atoms with E-state index in [1.165, 1.54) is 57.8 Å². The molecule has 0 rings (SSSR count). The SMILES string of the molecule is CCCCCCCCCCCCOCCCCOS(=O)(=O)[O-].[Na+]. The normalized spacial score (nSPS) is 11.4. The Kier molecular flexibility index (Phi) is 21.7. The number of unbranched alkanes of at least 4 members (excludes halogenated alkanes) is 10. The molecule has 0 unspecified atom stereocenters. The Morgan fingerprint density at radius 1 is 0.696 bits per heavy atom. The quantitative estimate of drug-likeness (QED) is 0.169. The van der Waals surface area contributed by atoms with Crippen LogP contribution in [0.25, 0.3) is 0 Å². The van der Waals surface area contributed by atoms with E-state index in [1.807, 2.05) is 0 Å². The van der Waals surface area contributed by atoms with Gasteiger partial charge in [0.15, 0.2) is 0 Å². The summed E-state index contributed by atoms with van der Waals surface area (Å²) < 4.78 is 40.1. The molecule has 0 fully saturated rings. The van der Waals surface area contributed by atoms with Gasteiger partial charge in [-0.2, -0.15) is 0 Å². The van der Waals surface area contributed by atoms with Gasteiger partial charge in [0.1, 0.15) is 0 Å². The molecule has 0 aromatic heterocycles. The van der Waals surface area contributed by atoms with Crippen LogP contribution in [-0.4, -0.2) is 32.8 Å². The Morgan fingerprint density at radius 3 is 1.57 bits per heavy atom. The first-order chi connectivity index (χ1) is 10.6. The average Bonchev–Trinajstić information content (AvgIpc) is 2.45. The smallest absolute Gasteiger partial charge is 0.726 e. The second-order valence-corrected chi connectivity index (χ2v) is 6.78. The molecule has 0 radical (unpaired) electrons. The van der Waals surface area contributed by atoms with Crippen molar-refractivity contribution in [3.8, 4) is 0 Å². The fourth-order valence-electron chi connectivity index (χ4n) is 2.26. The summed E-state index contributed by atoms with van der Waals surface area (Å²) in [5.74, 6) is 0. The summed E-state index contributed by atoms with van der Waals surface area (Å²) in [5, 5.41) is 0. The summed E-state index contributed by atoms with van der Waals surface area (Å²) in [6.45, 7) is 3.55. The summed E-state index contributed by atoms with van der Waals surface area (Å²) in [4.78, 5) is 0. The first-order valence-electron chi connectivity index (χ1n) is 8.74. The van der Waals surface area contributed by atoms with Gasteiger partial charge < -0.3 is 9.29 Å². The van der Waals surface area contributed by atoms with Crippen LogP contribution in [0.2, 0.25) is 0 Å². The fourth-order valence-corrected chi connectivity index (χ4v) is 2.58. The van der Waals surface area contributed by atoms with Crippen LogP contribution in [0.5, 0.6) is 0 Å². The average molecular weight is 360 g/mol. The Bertz CT molecular complexity index is 322. The van der Waals surface area contributed by atoms with Crippen LogP contribution in [0, 0.1) is 0 Å². The van der Waals surface area contributed by atoms with Gasteiger partial charge in [-0.05, 0) is 19.3 Å². The largest absolute Gasteiger partial charge is 1.00 e. The maximum Gasteiger partial charge on any atom is 1.00 e. The van der Waals surface area contributed by atoms with Crippen LogP contribution in [-0.2, 0) is 19.3 Å². The van der Waals surface area contributed by atoms with Crippen molar-refractivity contribution in [1.82, 2.24) is 0 Å². The summed E-state index contributed by atoms with van der Waals surface area (Å²) in [6.07, 6.45) is 14.3. The molecule has 0 heterocycles. The summed E-state index contributed by atoms with van der Waals surface area (Å²) in [5.41, 5.74) is 0. The number of hydrogen-bond donors (Lipinski definition) is 0.